The van der Waals surface area contributed by atoms with E-state index < -0.39 is 0 Å². The number of hydrogen-bond donors (Lipinski definition) is 0. The molecular weight excluding hydrogens is 296 g/mol. The summed E-state index contributed by atoms with van der Waals surface area (Å²) in [5.41, 5.74) is 0.209. The summed E-state index contributed by atoms with van der Waals surface area (Å²) in [7, 11) is 0. The van der Waals surface area contributed by atoms with Crippen LogP contribution in [0.5, 0.6) is 0 Å². The van der Waals surface area contributed by atoms with Crippen molar-refractivity contribution in [3.63, 3.8) is 0 Å². The Hall–Kier alpha value is -2.62. The van der Waals surface area contributed by atoms with Gasteiger partial charge in [-0.1, -0.05) is 42.5 Å². The second kappa shape index (κ2) is 7.30. The maximum atomic E-state index is 4.74. The zero-order chi connectivity index (χ0) is 16.8. The van der Waals surface area contributed by atoms with Crippen molar-refractivity contribution in [1.82, 2.24) is 14.5 Å². The lowest BCUT2D eigenvalue weighted by atomic mass is 10.0. The molecule has 1 fully saturated rings. The predicted molar refractivity (Wildman–Crippen MR) is 98.5 cm³/mol. The summed E-state index contributed by atoms with van der Waals surface area (Å²) in [5, 5.41) is 0. The highest BCUT2D eigenvalue weighted by Crippen LogP contribution is 2.32. The molecule has 3 aromatic rings. The lowest BCUT2D eigenvalue weighted by molar-refractivity contribution is 0.514. The topological polar surface area (TPSA) is 34.0 Å². The van der Waals surface area contributed by atoms with Crippen molar-refractivity contribution >= 4 is 5.82 Å². The molecule has 24 heavy (non-hydrogen) atoms. The monoisotopic (exact) mass is 320 g/mol. The summed E-state index contributed by atoms with van der Waals surface area (Å²) >= 11 is 0. The van der Waals surface area contributed by atoms with Gasteiger partial charge in [0, 0.05) is 24.5 Å². The van der Waals surface area contributed by atoms with Gasteiger partial charge in [0.05, 0.1) is 0 Å². The van der Waals surface area contributed by atoms with Crippen LogP contribution in [0.2, 0.25) is 0 Å². The Balaban J connectivity index is 0.000000238. The van der Waals surface area contributed by atoms with Crippen molar-refractivity contribution in [1.29, 1.82) is 0 Å². The van der Waals surface area contributed by atoms with E-state index in [1.54, 1.807) is 12.5 Å². The highest BCUT2D eigenvalue weighted by atomic mass is 15.3. The lowest BCUT2D eigenvalue weighted by Gasteiger charge is -2.32. The molecule has 2 aromatic heterocycles. The van der Waals surface area contributed by atoms with Gasteiger partial charge < -0.3 is 4.90 Å². The average molecular weight is 320 g/mol. The van der Waals surface area contributed by atoms with Crippen LogP contribution in [0.25, 0.3) is 5.82 Å². The molecule has 1 aliphatic rings. The van der Waals surface area contributed by atoms with Crippen molar-refractivity contribution in [2.45, 2.75) is 32.2 Å². The first-order valence-corrected chi connectivity index (χ1v) is 8.40. The molecule has 4 rings (SSSR count). The average Bonchev–Trinajstić information content (AvgIpc) is 3.26. The third kappa shape index (κ3) is 3.82. The maximum Gasteiger partial charge on any atom is 0.140 e. The molecule has 0 aliphatic carbocycles. The second-order valence-electron chi connectivity index (χ2n) is 6.55. The Morgan fingerprint density at radius 2 is 1.58 bits per heavy atom. The molecule has 0 N–H and O–H groups in total. The summed E-state index contributed by atoms with van der Waals surface area (Å²) < 4.78 is 1.94. The van der Waals surface area contributed by atoms with Gasteiger partial charge in [-0.25, -0.2) is 9.97 Å². The van der Waals surface area contributed by atoms with Gasteiger partial charge >= 0.3 is 0 Å². The summed E-state index contributed by atoms with van der Waals surface area (Å²) in [6.45, 7) is 5.66. The molecule has 0 atom stereocenters. The molecule has 124 valence electrons. The van der Waals surface area contributed by atoms with Crippen LogP contribution in [0, 0.1) is 0 Å². The van der Waals surface area contributed by atoms with Gasteiger partial charge in [-0.15, -0.1) is 0 Å². The van der Waals surface area contributed by atoms with Gasteiger partial charge in [0.25, 0.3) is 0 Å². The van der Waals surface area contributed by atoms with Crippen LogP contribution in [-0.4, -0.2) is 26.6 Å². The number of aromatic nitrogens is 3. The smallest absolute Gasteiger partial charge is 0.140 e. The molecule has 4 heteroatoms. The van der Waals surface area contributed by atoms with Gasteiger partial charge in [-0.2, -0.15) is 0 Å². The SMILES string of the molecule is CC1(C)CCCN1c1cccc(-n2ccnc2)n1.c1ccccc1. The normalized spacial score (nSPS) is 15.7. The van der Waals surface area contributed by atoms with Crippen LogP contribution in [0.4, 0.5) is 5.82 Å². The first kappa shape index (κ1) is 16.2. The first-order chi connectivity index (χ1) is 11.7. The minimum atomic E-state index is 0.209. The van der Waals surface area contributed by atoms with Crippen molar-refractivity contribution in [2.24, 2.45) is 0 Å². The van der Waals surface area contributed by atoms with Gasteiger partial charge in [0.2, 0.25) is 0 Å². The Labute approximate surface area is 143 Å². The number of anilines is 1. The van der Waals surface area contributed by atoms with E-state index >= 15 is 0 Å². The fraction of sp³-hybridized carbons (Fsp3) is 0.300. The fourth-order valence-corrected chi connectivity index (χ4v) is 3.02. The zero-order valence-corrected chi connectivity index (χ0v) is 14.3. The summed E-state index contributed by atoms with van der Waals surface area (Å²) in [5.74, 6) is 1.98. The molecule has 1 aromatic carbocycles. The molecule has 0 bridgehead atoms. The number of hydrogen-bond acceptors (Lipinski definition) is 3. The number of imidazole rings is 1. The number of pyridine rings is 1. The molecule has 1 saturated heterocycles. The van der Waals surface area contributed by atoms with Crippen LogP contribution in [-0.2, 0) is 0 Å². The van der Waals surface area contributed by atoms with E-state index in [9.17, 15) is 0 Å². The van der Waals surface area contributed by atoms with E-state index in [4.69, 9.17) is 4.98 Å². The molecule has 0 unspecified atom stereocenters. The molecule has 0 spiro atoms. The first-order valence-electron chi connectivity index (χ1n) is 8.40. The summed E-state index contributed by atoms with van der Waals surface area (Å²) in [6.07, 6.45) is 7.94. The van der Waals surface area contributed by atoms with Crippen molar-refractivity contribution in [3.05, 3.63) is 73.3 Å². The predicted octanol–water partition coefficient (Wildman–Crippen LogP) is 4.33. The van der Waals surface area contributed by atoms with Crippen LogP contribution < -0.4 is 4.90 Å². The van der Waals surface area contributed by atoms with Crippen LogP contribution in [0.1, 0.15) is 26.7 Å². The van der Waals surface area contributed by atoms with E-state index in [-0.39, 0.29) is 5.54 Å². The van der Waals surface area contributed by atoms with Gasteiger partial charge in [-0.3, -0.25) is 4.57 Å². The molecule has 0 amide bonds. The van der Waals surface area contributed by atoms with Gasteiger partial charge in [-0.05, 0) is 38.8 Å². The minimum absolute atomic E-state index is 0.209. The standard InChI is InChI=1S/C14H18N4.C6H6/c1-14(2)7-4-9-18(14)13-6-3-5-12(16-13)17-10-8-15-11-17;1-2-4-6-5-3-1/h3,5-6,8,10-11H,4,7,9H2,1-2H3;1-6H. The molecule has 4 nitrogen and oxygen atoms in total. The van der Waals surface area contributed by atoms with E-state index in [1.165, 1.54) is 12.8 Å². The molecule has 3 heterocycles. The fourth-order valence-electron chi connectivity index (χ4n) is 3.02. The maximum absolute atomic E-state index is 4.74. The Kier molecular flexibility index (Phi) is 4.94. The quantitative estimate of drug-likeness (QED) is 0.704. The zero-order valence-electron chi connectivity index (χ0n) is 14.3. The molecule has 1 aliphatic heterocycles. The van der Waals surface area contributed by atoms with Crippen LogP contribution in [0.15, 0.2) is 73.3 Å². The van der Waals surface area contributed by atoms with E-state index in [2.05, 4.69) is 35.9 Å². The highest BCUT2D eigenvalue weighted by molar-refractivity contribution is 5.46. The minimum Gasteiger partial charge on any atom is -0.351 e. The van der Waals surface area contributed by atoms with Gasteiger partial charge in [0.15, 0.2) is 0 Å². The van der Waals surface area contributed by atoms with Crippen LogP contribution in [0.3, 0.4) is 0 Å². The molecular formula is C20H24N4. The Bertz CT molecular complexity index is 709. The summed E-state index contributed by atoms with van der Waals surface area (Å²) in [6, 6.07) is 18.2. The highest BCUT2D eigenvalue weighted by Gasteiger charge is 2.32. The lowest BCUT2D eigenvalue weighted by Crippen LogP contribution is -2.38. The van der Waals surface area contributed by atoms with Crippen molar-refractivity contribution in [3.8, 4) is 5.82 Å². The van der Waals surface area contributed by atoms with Crippen molar-refractivity contribution < 1.29 is 0 Å². The molecule has 0 saturated carbocycles. The second-order valence-corrected chi connectivity index (χ2v) is 6.55. The van der Waals surface area contributed by atoms with Gasteiger partial charge in [0.1, 0.15) is 18.0 Å². The van der Waals surface area contributed by atoms with E-state index in [1.807, 2.05) is 53.2 Å². The number of benzene rings is 1. The summed E-state index contributed by atoms with van der Waals surface area (Å²) in [4.78, 5) is 11.2. The number of nitrogens with zero attached hydrogens (tertiary/aromatic N) is 4. The Morgan fingerprint density at radius 3 is 2.12 bits per heavy atom. The van der Waals surface area contributed by atoms with Crippen LogP contribution >= 0.6 is 0 Å². The van der Waals surface area contributed by atoms with E-state index in [0.717, 1.165) is 18.2 Å². The van der Waals surface area contributed by atoms with Crippen molar-refractivity contribution in [2.75, 3.05) is 11.4 Å². The third-order valence-electron chi connectivity index (χ3n) is 4.33. The number of rotatable bonds is 2. The molecule has 0 radical (unpaired) electrons. The Morgan fingerprint density at radius 1 is 0.917 bits per heavy atom. The van der Waals surface area contributed by atoms with E-state index in [0.29, 0.717) is 0 Å². The third-order valence-corrected chi connectivity index (χ3v) is 4.33. The largest absolute Gasteiger partial charge is 0.351 e.